The number of nitrogens with zero attached hydrogens (tertiary/aromatic N) is 4. The minimum Gasteiger partial charge on any atom is -0.374 e. The zero-order chi connectivity index (χ0) is 12.4. The standard InChI is InChI=1S/C7H8N6O2S2/c1-13-7(9-4(14)5(15)12-13)16-2-3-10-11-6(8)17-3/h2H2,1H3,(H2,8,11)(H,12,15). The number of nitrogens with two attached hydrogens (primary N) is 1. The van der Waals surface area contributed by atoms with E-state index in [1.807, 2.05) is 0 Å². The summed E-state index contributed by atoms with van der Waals surface area (Å²) in [6.45, 7) is 0. The molecule has 2 aromatic heterocycles. The van der Waals surface area contributed by atoms with Gasteiger partial charge in [0.05, 0.1) is 5.75 Å². The van der Waals surface area contributed by atoms with Crippen molar-refractivity contribution in [3.63, 3.8) is 0 Å². The molecule has 0 spiro atoms. The van der Waals surface area contributed by atoms with Crippen molar-refractivity contribution in [2.24, 2.45) is 7.05 Å². The van der Waals surface area contributed by atoms with Crippen LogP contribution in [0.2, 0.25) is 0 Å². The third-order valence-corrected chi connectivity index (χ3v) is 3.73. The Hall–Kier alpha value is -1.68. The number of aromatic amines is 1. The van der Waals surface area contributed by atoms with Gasteiger partial charge in [0.2, 0.25) is 5.13 Å². The lowest BCUT2D eigenvalue weighted by Gasteiger charge is -2.03. The van der Waals surface area contributed by atoms with Gasteiger partial charge < -0.3 is 5.73 Å². The quantitative estimate of drug-likeness (QED) is 0.554. The Morgan fingerprint density at radius 1 is 1.47 bits per heavy atom. The van der Waals surface area contributed by atoms with Crippen molar-refractivity contribution >= 4 is 28.2 Å². The molecule has 3 N–H and O–H groups in total. The van der Waals surface area contributed by atoms with Crippen LogP contribution in [0.1, 0.15) is 5.01 Å². The van der Waals surface area contributed by atoms with Crippen LogP contribution in [0.5, 0.6) is 0 Å². The maximum Gasteiger partial charge on any atom is 0.339 e. The minimum atomic E-state index is -0.803. The molecule has 0 aliphatic heterocycles. The van der Waals surface area contributed by atoms with Gasteiger partial charge in [-0.2, -0.15) is 4.98 Å². The van der Waals surface area contributed by atoms with E-state index in [1.54, 1.807) is 7.05 Å². The smallest absolute Gasteiger partial charge is 0.339 e. The van der Waals surface area contributed by atoms with Gasteiger partial charge in [0.1, 0.15) is 5.01 Å². The second-order valence-electron chi connectivity index (χ2n) is 3.02. The summed E-state index contributed by atoms with van der Waals surface area (Å²) in [4.78, 5) is 25.7. The molecule has 2 aromatic rings. The summed E-state index contributed by atoms with van der Waals surface area (Å²) in [6, 6.07) is 0. The summed E-state index contributed by atoms with van der Waals surface area (Å²) < 4.78 is 1.39. The van der Waals surface area contributed by atoms with Crippen LogP contribution in [0.25, 0.3) is 0 Å². The van der Waals surface area contributed by atoms with E-state index in [2.05, 4.69) is 20.3 Å². The van der Waals surface area contributed by atoms with E-state index >= 15 is 0 Å². The van der Waals surface area contributed by atoms with Crippen LogP contribution in [-0.2, 0) is 12.8 Å². The average molecular weight is 272 g/mol. The molecule has 17 heavy (non-hydrogen) atoms. The van der Waals surface area contributed by atoms with E-state index in [1.165, 1.54) is 27.8 Å². The van der Waals surface area contributed by atoms with Crippen molar-refractivity contribution < 1.29 is 0 Å². The third kappa shape index (κ3) is 2.71. The van der Waals surface area contributed by atoms with Crippen LogP contribution in [0.15, 0.2) is 14.7 Å². The van der Waals surface area contributed by atoms with Crippen molar-refractivity contribution in [3.05, 3.63) is 25.7 Å². The van der Waals surface area contributed by atoms with Crippen molar-refractivity contribution in [2.45, 2.75) is 10.9 Å². The molecule has 0 radical (unpaired) electrons. The fourth-order valence-corrected chi connectivity index (χ4v) is 2.56. The van der Waals surface area contributed by atoms with E-state index < -0.39 is 11.1 Å². The molecule has 0 fully saturated rings. The number of aryl methyl sites for hydroxylation is 1. The monoisotopic (exact) mass is 272 g/mol. The Morgan fingerprint density at radius 3 is 2.88 bits per heavy atom. The number of hydrogen-bond acceptors (Lipinski definition) is 8. The van der Waals surface area contributed by atoms with E-state index in [4.69, 9.17) is 5.73 Å². The highest BCUT2D eigenvalue weighted by Gasteiger charge is 2.07. The molecule has 0 aliphatic carbocycles. The van der Waals surface area contributed by atoms with E-state index in [0.717, 1.165) is 5.01 Å². The number of nitrogen functional groups attached to an aromatic ring is 1. The van der Waals surface area contributed by atoms with Crippen molar-refractivity contribution in [1.82, 2.24) is 25.0 Å². The fraction of sp³-hybridized carbons (Fsp3) is 0.286. The normalized spacial score (nSPS) is 10.6. The first-order chi connectivity index (χ1) is 8.06. The Kier molecular flexibility index (Phi) is 3.24. The number of hydrogen-bond donors (Lipinski definition) is 2. The second-order valence-corrected chi connectivity index (χ2v) is 5.06. The number of nitrogens with one attached hydrogen (secondary N) is 1. The molecule has 8 nitrogen and oxygen atoms in total. The summed E-state index contributed by atoms with van der Waals surface area (Å²) in [5.74, 6) is 0.487. The van der Waals surface area contributed by atoms with Gasteiger partial charge in [0, 0.05) is 7.05 Å². The lowest BCUT2D eigenvalue weighted by atomic mass is 10.8. The number of thioether (sulfide) groups is 1. The maximum absolute atomic E-state index is 11.1. The molecular weight excluding hydrogens is 264 g/mol. The van der Waals surface area contributed by atoms with Crippen molar-refractivity contribution in [3.8, 4) is 0 Å². The summed E-state index contributed by atoms with van der Waals surface area (Å²) in [7, 11) is 1.60. The highest BCUT2D eigenvalue weighted by Crippen LogP contribution is 2.21. The summed E-state index contributed by atoms with van der Waals surface area (Å²) in [5.41, 5.74) is 3.90. The largest absolute Gasteiger partial charge is 0.374 e. The lowest BCUT2D eigenvalue weighted by molar-refractivity contribution is 0.596. The molecule has 0 unspecified atom stereocenters. The Bertz CT molecular complexity index is 644. The summed E-state index contributed by atoms with van der Waals surface area (Å²) in [5, 5.41) is 11.4. The Labute approximate surface area is 103 Å². The topological polar surface area (TPSA) is 120 Å². The molecule has 90 valence electrons. The predicted octanol–water partition coefficient (Wildman–Crippen LogP) is -0.805. The predicted molar refractivity (Wildman–Crippen MR) is 64.0 cm³/mol. The van der Waals surface area contributed by atoms with Gasteiger partial charge in [-0.05, 0) is 0 Å². The number of anilines is 1. The zero-order valence-electron chi connectivity index (χ0n) is 8.71. The summed E-state index contributed by atoms with van der Waals surface area (Å²) >= 11 is 2.54. The Balaban J connectivity index is 2.17. The number of H-pyrrole nitrogens is 1. The van der Waals surface area contributed by atoms with Crippen LogP contribution < -0.4 is 16.9 Å². The SMILES string of the molecule is Cn1[nH]c(=O)c(=O)nc1SCc1nnc(N)s1. The van der Waals surface area contributed by atoms with Crippen LogP contribution >= 0.6 is 23.1 Å². The van der Waals surface area contributed by atoms with Crippen molar-refractivity contribution in [2.75, 3.05) is 5.73 Å². The molecular formula is C7H8N6O2S2. The lowest BCUT2D eigenvalue weighted by Crippen LogP contribution is -2.33. The molecule has 10 heteroatoms. The van der Waals surface area contributed by atoms with Crippen LogP contribution in [0, 0.1) is 0 Å². The van der Waals surface area contributed by atoms with E-state index in [-0.39, 0.29) is 0 Å². The van der Waals surface area contributed by atoms with Crippen LogP contribution in [0.3, 0.4) is 0 Å². The zero-order valence-corrected chi connectivity index (χ0v) is 10.3. The van der Waals surface area contributed by atoms with Gasteiger partial charge in [0.15, 0.2) is 5.16 Å². The molecule has 0 aliphatic rings. The van der Waals surface area contributed by atoms with Gasteiger partial charge >= 0.3 is 11.1 Å². The molecule has 2 rings (SSSR count). The fourth-order valence-electron chi connectivity index (χ4n) is 1.04. The first kappa shape index (κ1) is 11.8. The van der Waals surface area contributed by atoms with Crippen molar-refractivity contribution in [1.29, 1.82) is 0 Å². The molecule has 0 saturated heterocycles. The van der Waals surface area contributed by atoms with E-state index in [9.17, 15) is 9.59 Å². The third-order valence-electron chi connectivity index (χ3n) is 1.75. The van der Waals surface area contributed by atoms with Crippen LogP contribution in [-0.4, -0.2) is 25.0 Å². The highest BCUT2D eigenvalue weighted by atomic mass is 32.2. The van der Waals surface area contributed by atoms with Gasteiger partial charge in [-0.25, -0.2) is 0 Å². The second kappa shape index (κ2) is 4.67. The molecule has 0 saturated carbocycles. The van der Waals surface area contributed by atoms with Gasteiger partial charge in [-0.1, -0.05) is 23.1 Å². The highest BCUT2D eigenvalue weighted by molar-refractivity contribution is 7.98. The Morgan fingerprint density at radius 2 is 2.24 bits per heavy atom. The first-order valence-electron chi connectivity index (χ1n) is 4.44. The summed E-state index contributed by atoms with van der Waals surface area (Å²) in [6.07, 6.45) is 0. The van der Waals surface area contributed by atoms with Gasteiger partial charge in [-0.3, -0.25) is 19.4 Å². The van der Waals surface area contributed by atoms with E-state index in [0.29, 0.717) is 16.0 Å². The maximum atomic E-state index is 11.1. The van der Waals surface area contributed by atoms with Crippen LogP contribution in [0.4, 0.5) is 5.13 Å². The first-order valence-corrected chi connectivity index (χ1v) is 6.24. The van der Waals surface area contributed by atoms with Gasteiger partial charge in [0.25, 0.3) is 0 Å². The number of aromatic nitrogens is 5. The minimum absolute atomic E-state index is 0.393. The molecule has 0 atom stereocenters. The molecule has 2 heterocycles. The average Bonchev–Trinajstić information content (AvgIpc) is 2.68. The number of rotatable bonds is 3. The van der Waals surface area contributed by atoms with Gasteiger partial charge in [-0.15, -0.1) is 10.2 Å². The molecule has 0 amide bonds. The molecule has 0 bridgehead atoms. The molecule has 0 aromatic carbocycles.